The molecule has 0 saturated carbocycles. The Bertz CT molecular complexity index is 654. The lowest BCUT2D eigenvalue weighted by Crippen LogP contribution is -2.27. The van der Waals surface area contributed by atoms with Gasteiger partial charge in [-0.3, -0.25) is 4.68 Å². The van der Waals surface area contributed by atoms with Crippen LogP contribution in [0.2, 0.25) is 0 Å². The minimum absolute atomic E-state index is 0.0807. The molecule has 2 N–H and O–H groups in total. The van der Waals surface area contributed by atoms with Gasteiger partial charge in [0.1, 0.15) is 0 Å². The van der Waals surface area contributed by atoms with E-state index in [1.165, 1.54) is 0 Å². The van der Waals surface area contributed by atoms with Crippen molar-refractivity contribution in [1.29, 1.82) is 0 Å². The van der Waals surface area contributed by atoms with E-state index < -0.39 is 10.0 Å². The van der Waals surface area contributed by atoms with E-state index >= 15 is 0 Å². The third-order valence-corrected chi connectivity index (χ3v) is 4.33. The summed E-state index contributed by atoms with van der Waals surface area (Å²) in [6.07, 6.45) is 4.21. The summed E-state index contributed by atoms with van der Waals surface area (Å²) in [7, 11) is -3.36. The zero-order chi connectivity index (χ0) is 15.1. The molecule has 7 heteroatoms. The van der Waals surface area contributed by atoms with Gasteiger partial charge >= 0.3 is 0 Å². The maximum atomic E-state index is 12.0. The number of aryl methyl sites for hydroxylation is 1. The average molecular weight is 309 g/mol. The molecule has 1 aromatic carbocycles. The molecular formula is C14H19N3O3S. The summed E-state index contributed by atoms with van der Waals surface area (Å²) in [5.41, 5.74) is 1.38. The second kappa shape index (κ2) is 7.35. The molecular weight excluding hydrogens is 290 g/mol. The zero-order valence-corrected chi connectivity index (χ0v) is 12.5. The molecule has 0 amide bonds. The summed E-state index contributed by atoms with van der Waals surface area (Å²) in [6, 6.07) is 8.77. The number of rotatable bonds is 8. The van der Waals surface area contributed by atoms with Gasteiger partial charge in [-0.05, 0) is 23.6 Å². The highest BCUT2D eigenvalue weighted by atomic mass is 32.2. The summed E-state index contributed by atoms with van der Waals surface area (Å²) < 4.78 is 28.3. The van der Waals surface area contributed by atoms with Crippen molar-refractivity contribution in [3.05, 3.63) is 53.9 Å². The molecule has 2 aromatic rings. The topological polar surface area (TPSA) is 84.2 Å². The Hall–Kier alpha value is -1.70. The van der Waals surface area contributed by atoms with Gasteiger partial charge in [0.25, 0.3) is 0 Å². The molecule has 0 aliphatic heterocycles. The molecule has 6 nitrogen and oxygen atoms in total. The van der Waals surface area contributed by atoms with Gasteiger partial charge in [-0.1, -0.05) is 24.3 Å². The molecule has 0 bridgehead atoms. The van der Waals surface area contributed by atoms with Crippen molar-refractivity contribution in [3.63, 3.8) is 0 Å². The van der Waals surface area contributed by atoms with Crippen LogP contribution in [0.5, 0.6) is 0 Å². The molecule has 0 unspecified atom stereocenters. The standard InChI is InChI=1S/C14H19N3O3S/c18-11-13-4-1-5-14(10-13)12-21(19,20)16-7-3-9-17-8-2-6-15-17/h1-2,4-6,8,10,16,18H,3,7,9,11-12H2. The number of nitrogens with zero attached hydrogens (tertiary/aromatic N) is 2. The van der Waals surface area contributed by atoms with Crippen molar-refractivity contribution in [1.82, 2.24) is 14.5 Å². The third kappa shape index (κ3) is 5.30. The van der Waals surface area contributed by atoms with Crippen LogP contribution in [0, 0.1) is 0 Å². The summed E-state index contributed by atoms with van der Waals surface area (Å²) in [4.78, 5) is 0. The molecule has 0 aliphatic carbocycles. The quantitative estimate of drug-likeness (QED) is 0.709. The smallest absolute Gasteiger partial charge is 0.215 e. The fourth-order valence-corrected chi connectivity index (χ4v) is 3.17. The van der Waals surface area contributed by atoms with E-state index in [1.54, 1.807) is 35.1 Å². The molecule has 0 atom stereocenters. The molecule has 1 heterocycles. The van der Waals surface area contributed by atoms with Gasteiger partial charge in [-0.15, -0.1) is 0 Å². The van der Waals surface area contributed by atoms with Crippen LogP contribution in [0.1, 0.15) is 17.5 Å². The zero-order valence-electron chi connectivity index (χ0n) is 11.6. The summed E-state index contributed by atoms with van der Waals surface area (Å²) in [6.45, 7) is 0.961. The molecule has 114 valence electrons. The Balaban J connectivity index is 1.81. The van der Waals surface area contributed by atoms with Gasteiger partial charge in [0, 0.05) is 25.5 Å². The Kier molecular flexibility index (Phi) is 5.49. The van der Waals surface area contributed by atoms with E-state index in [1.807, 2.05) is 12.3 Å². The number of aliphatic hydroxyl groups excluding tert-OH is 1. The first kappa shape index (κ1) is 15.7. The van der Waals surface area contributed by atoms with E-state index in [0.717, 1.165) is 0 Å². The van der Waals surface area contributed by atoms with E-state index in [4.69, 9.17) is 5.11 Å². The van der Waals surface area contributed by atoms with Crippen molar-refractivity contribution >= 4 is 10.0 Å². The first-order valence-corrected chi connectivity index (χ1v) is 8.38. The largest absolute Gasteiger partial charge is 0.392 e. The molecule has 0 spiro atoms. The van der Waals surface area contributed by atoms with Crippen LogP contribution >= 0.6 is 0 Å². The lowest BCUT2D eigenvalue weighted by molar-refractivity contribution is 0.282. The van der Waals surface area contributed by atoms with Crippen LogP contribution in [0.4, 0.5) is 0 Å². The number of benzene rings is 1. The van der Waals surface area contributed by atoms with Gasteiger partial charge in [0.2, 0.25) is 10.0 Å². The van der Waals surface area contributed by atoms with Crippen molar-refractivity contribution in [2.75, 3.05) is 6.54 Å². The lowest BCUT2D eigenvalue weighted by atomic mass is 10.1. The molecule has 21 heavy (non-hydrogen) atoms. The van der Waals surface area contributed by atoms with Crippen LogP contribution in [0.3, 0.4) is 0 Å². The Morgan fingerprint density at radius 3 is 2.76 bits per heavy atom. The number of aliphatic hydroxyl groups is 1. The van der Waals surface area contributed by atoms with Crippen molar-refractivity contribution in [3.8, 4) is 0 Å². The second-order valence-electron chi connectivity index (χ2n) is 4.75. The highest BCUT2D eigenvalue weighted by Crippen LogP contribution is 2.08. The van der Waals surface area contributed by atoms with Crippen LogP contribution < -0.4 is 4.72 Å². The van der Waals surface area contributed by atoms with Gasteiger partial charge in [0.05, 0.1) is 12.4 Å². The minimum Gasteiger partial charge on any atom is -0.392 e. The van der Waals surface area contributed by atoms with E-state index in [0.29, 0.717) is 30.6 Å². The third-order valence-electron chi connectivity index (χ3n) is 2.98. The van der Waals surface area contributed by atoms with Gasteiger partial charge in [-0.2, -0.15) is 5.10 Å². The maximum Gasteiger partial charge on any atom is 0.215 e. The number of hydrogen-bond donors (Lipinski definition) is 2. The van der Waals surface area contributed by atoms with Crippen LogP contribution in [0.15, 0.2) is 42.7 Å². The van der Waals surface area contributed by atoms with E-state index in [-0.39, 0.29) is 12.4 Å². The second-order valence-corrected chi connectivity index (χ2v) is 6.56. The Morgan fingerprint density at radius 1 is 1.24 bits per heavy atom. The summed E-state index contributed by atoms with van der Waals surface area (Å²) >= 11 is 0. The maximum absolute atomic E-state index is 12.0. The number of hydrogen-bond acceptors (Lipinski definition) is 4. The van der Waals surface area contributed by atoms with Gasteiger partial charge in [-0.25, -0.2) is 13.1 Å². The van der Waals surface area contributed by atoms with Crippen LogP contribution in [-0.2, 0) is 28.9 Å². The van der Waals surface area contributed by atoms with E-state index in [9.17, 15) is 8.42 Å². The van der Waals surface area contributed by atoms with E-state index in [2.05, 4.69) is 9.82 Å². The van der Waals surface area contributed by atoms with Gasteiger partial charge < -0.3 is 5.11 Å². The van der Waals surface area contributed by atoms with Crippen molar-refractivity contribution in [2.24, 2.45) is 0 Å². The predicted octanol–water partition coefficient (Wildman–Crippen LogP) is 0.885. The fourth-order valence-electron chi connectivity index (χ4n) is 1.99. The van der Waals surface area contributed by atoms with Gasteiger partial charge in [0.15, 0.2) is 0 Å². The Morgan fingerprint density at radius 2 is 2.05 bits per heavy atom. The van der Waals surface area contributed by atoms with Crippen molar-refractivity contribution in [2.45, 2.75) is 25.3 Å². The molecule has 2 rings (SSSR count). The number of nitrogens with one attached hydrogen (secondary N) is 1. The fraction of sp³-hybridized carbons (Fsp3) is 0.357. The summed E-state index contributed by atoms with van der Waals surface area (Å²) in [5.74, 6) is -0.0807. The van der Waals surface area contributed by atoms with Crippen LogP contribution in [0.25, 0.3) is 0 Å². The SMILES string of the molecule is O=S(=O)(Cc1cccc(CO)c1)NCCCn1cccn1. The molecule has 0 aliphatic rings. The number of sulfonamides is 1. The first-order chi connectivity index (χ1) is 10.1. The van der Waals surface area contributed by atoms with Crippen LogP contribution in [-0.4, -0.2) is 29.8 Å². The predicted molar refractivity (Wildman–Crippen MR) is 79.8 cm³/mol. The first-order valence-electron chi connectivity index (χ1n) is 6.72. The normalized spacial score (nSPS) is 11.7. The molecule has 0 radical (unpaired) electrons. The average Bonchev–Trinajstić information content (AvgIpc) is 2.96. The highest BCUT2D eigenvalue weighted by molar-refractivity contribution is 7.88. The molecule has 0 saturated heterocycles. The monoisotopic (exact) mass is 309 g/mol. The molecule has 0 fully saturated rings. The highest BCUT2D eigenvalue weighted by Gasteiger charge is 2.11. The molecule has 1 aromatic heterocycles. The number of aromatic nitrogens is 2. The lowest BCUT2D eigenvalue weighted by Gasteiger charge is -2.08. The minimum atomic E-state index is -3.36. The van der Waals surface area contributed by atoms with Crippen molar-refractivity contribution < 1.29 is 13.5 Å². The Labute approximate surface area is 124 Å². The summed E-state index contributed by atoms with van der Waals surface area (Å²) in [5, 5.41) is 13.1.